The molecule has 5 nitrogen and oxygen atoms in total. The number of benzene rings is 1. The number of sulfonamides is 1. The molecule has 100 valence electrons. The largest absolute Gasteiger partial charge is 0.333 e. The third kappa shape index (κ3) is 2.15. The van der Waals surface area contributed by atoms with Crippen LogP contribution in [0.3, 0.4) is 0 Å². The molecule has 0 atom stereocenters. The van der Waals surface area contributed by atoms with Crippen molar-refractivity contribution in [3.63, 3.8) is 0 Å². The molecule has 2 aromatic rings. The summed E-state index contributed by atoms with van der Waals surface area (Å²) in [5, 5.41) is 0. The summed E-state index contributed by atoms with van der Waals surface area (Å²) in [6.07, 6.45) is 3.49. The molecule has 0 saturated carbocycles. The van der Waals surface area contributed by atoms with Crippen molar-refractivity contribution in [3.05, 3.63) is 48.3 Å². The molecule has 1 aromatic heterocycles. The van der Waals surface area contributed by atoms with E-state index in [-0.39, 0.29) is 11.4 Å². The van der Waals surface area contributed by atoms with Gasteiger partial charge in [0.25, 0.3) is 0 Å². The minimum atomic E-state index is -3.59. The van der Waals surface area contributed by atoms with Gasteiger partial charge in [-0.05, 0) is 24.3 Å². The Morgan fingerprint density at radius 1 is 1.16 bits per heavy atom. The van der Waals surface area contributed by atoms with Gasteiger partial charge in [0.15, 0.2) is 0 Å². The average molecular weight is 281 g/mol. The molecule has 0 radical (unpaired) electrons. The average Bonchev–Trinajstić information content (AvgIpc) is 2.86. The molecule has 0 unspecified atom stereocenters. The number of aromatic nitrogens is 2. The van der Waals surface area contributed by atoms with Crippen LogP contribution in [0, 0.1) is 5.82 Å². The molecule has 7 heteroatoms. The predicted octanol–water partition coefficient (Wildman–Crippen LogP) is 1.23. The van der Waals surface area contributed by atoms with Crippen LogP contribution in [0.15, 0.2) is 41.6 Å². The quantitative estimate of drug-likeness (QED) is 0.832. The second-order valence-electron chi connectivity index (χ2n) is 4.33. The van der Waals surface area contributed by atoms with E-state index < -0.39 is 15.8 Å². The summed E-state index contributed by atoms with van der Waals surface area (Å²) in [7, 11) is -3.59. The minimum absolute atomic E-state index is 0.105. The molecule has 0 N–H and O–H groups in total. The maximum absolute atomic E-state index is 12.9. The number of nitrogens with zero attached hydrogens (tertiary/aromatic N) is 3. The van der Waals surface area contributed by atoms with Gasteiger partial charge in [0, 0.05) is 25.5 Å². The van der Waals surface area contributed by atoms with E-state index in [1.807, 2.05) is 10.8 Å². The van der Waals surface area contributed by atoms with Gasteiger partial charge < -0.3 is 4.57 Å². The van der Waals surface area contributed by atoms with Gasteiger partial charge in [-0.15, -0.1) is 0 Å². The molecule has 0 fully saturated rings. The first kappa shape index (κ1) is 12.3. The maximum Gasteiger partial charge on any atom is 0.243 e. The first-order valence-corrected chi connectivity index (χ1v) is 7.27. The second-order valence-corrected chi connectivity index (χ2v) is 6.27. The Labute approximate surface area is 110 Å². The minimum Gasteiger partial charge on any atom is -0.333 e. The molecular weight excluding hydrogens is 269 g/mol. The number of halogens is 1. The summed E-state index contributed by atoms with van der Waals surface area (Å²) < 4.78 is 40.9. The Morgan fingerprint density at radius 3 is 2.63 bits per heavy atom. The monoisotopic (exact) mass is 281 g/mol. The fourth-order valence-electron chi connectivity index (χ4n) is 2.11. The fraction of sp³-hybridized carbons (Fsp3) is 0.250. The van der Waals surface area contributed by atoms with Crippen LogP contribution in [-0.2, 0) is 23.1 Å². The van der Waals surface area contributed by atoms with Crippen molar-refractivity contribution in [1.29, 1.82) is 0 Å². The molecule has 3 rings (SSSR count). The number of fused-ring (bicyclic) bond motifs is 1. The number of hydrogen-bond acceptors (Lipinski definition) is 3. The summed E-state index contributed by atoms with van der Waals surface area (Å²) in [6.45, 7) is 1.21. The van der Waals surface area contributed by atoms with Crippen molar-refractivity contribution in [2.24, 2.45) is 0 Å². The highest BCUT2D eigenvalue weighted by Gasteiger charge is 2.28. The first-order valence-electron chi connectivity index (χ1n) is 5.83. The second kappa shape index (κ2) is 4.43. The highest BCUT2D eigenvalue weighted by Crippen LogP contribution is 2.21. The summed E-state index contributed by atoms with van der Waals surface area (Å²) in [4.78, 5) is 4.23. The van der Waals surface area contributed by atoms with E-state index in [9.17, 15) is 12.8 Å². The van der Waals surface area contributed by atoms with Crippen LogP contribution >= 0.6 is 0 Å². The van der Waals surface area contributed by atoms with Crippen LogP contribution < -0.4 is 0 Å². The zero-order valence-electron chi connectivity index (χ0n) is 10.0. The first-order chi connectivity index (χ1) is 9.07. The molecule has 0 bridgehead atoms. The Morgan fingerprint density at radius 2 is 1.89 bits per heavy atom. The summed E-state index contributed by atoms with van der Waals surface area (Å²) in [6, 6.07) is 4.87. The topological polar surface area (TPSA) is 55.2 Å². The Balaban J connectivity index is 1.92. The lowest BCUT2D eigenvalue weighted by Gasteiger charge is -2.26. The van der Waals surface area contributed by atoms with Gasteiger partial charge in [-0.2, -0.15) is 4.31 Å². The lowest BCUT2D eigenvalue weighted by Crippen LogP contribution is -2.38. The predicted molar refractivity (Wildman–Crippen MR) is 66.2 cm³/mol. The van der Waals surface area contributed by atoms with Crippen LogP contribution in [0.4, 0.5) is 4.39 Å². The van der Waals surface area contributed by atoms with E-state index in [0.717, 1.165) is 18.0 Å². The van der Waals surface area contributed by atoms with E-state index in [0.29, 0.717) is 13.1 Å². The van der Waals surface area contributed by atoms with Gasteiger partial charge in [0.2, 0.25) is 10.0 Å². The third-order valence-corrected chi connectivity index (χ3v) is 5.02. The summed E-state index contributed by atoms with van der Waals surface area (Å²) >= 11 is 0. The van der Waals surface area contributed by atoms with Gasteiger partial charge in [-0.3, -0.25) is 0 Å². The van der Waals surface area contributed by atoms with Crippen LogP contribution in [0.5, 0.6) is 0 Å². The molecule has 0 saturated heterocycles. The van der Waals surface area contributed by atoms with Crippen LogP contribution in [0.1, 0.15) is 5.82 Å². The van der Waals surface area contributed by atoms with E-state index in [4.69, 9.17) is 0 Å². The standard InChI is InChI=1S/C12H12FN3O2S/c13-10-1-3-11(4-2-10)19(17,18)16-8-7-15-6-5-14-12(15)9-16/h1-6H,7-9H2. The molecule has 1 aliphatic heterocycles. The smallest absolute Gasteiger partial charge is 0.243 e. The maximum atomic E-state index is 12.9. The Bertz CT molecular complexity index is 694. The van der Waals surface area contributed by atoms with Crippen molar-refractivity contribution in [2.75, 3.05) is 6.54 Å². The molecule has 0 amide bonds. The SMILES string of the molecule is O=S(=O)(c1ccc(F)cc1)N1CCn2ccnc2C1. The van der Waals surface area contributed by atoms with Crippen LogP contribution in [0.2, 0.25) is 0 Å². The lowest BCUT2D eigenvalue weighted by molar-refractivity contribution is 0.335. The molecule has 2 heterocycles. The highest BCUT2D eigenvalue weighted by molar-refractivity contribution is 7.89. The molecule has 0 aliphatic carbocycles. The van der Waals surface area contributed by atoms with E-state index in [1.54, 1.807) is 6.20 Å². The summed E-state index contributed by atoms with van der Waals surface area (Å²) in [5.41, 5.74) is 0. The highest BCUT2D eigenvalue weighted by atomic mass is 32.2. The normalized spacial score (nSPS) is 16.3. The van der Waals surface area contributed by atoms with Crippen molar-refractivity contribution in [2.45, 2.75) is 18.0 Å². The fourth-order valence-corrected chi connectivity index (χ4v) is 3.50. The Hall–Kier alpha value is -1.73. The van der Waals surface area contributed by atoms with Gasteiger partial charge >= 0.3 is 0 Å². The molecule has 1 aliphatic rings. The van der Waals surface area contributed by atoms with E-state index in [2.05, 4.69) is 4.98 Å². The lowest BCUT2D eigenvalue weighted by atomic mass is 10.4. The zero-order valence-corrected chi connectivity index (χ0v) is 10.8. The van der Waals surface area contributed by atoms with Gasteiger partial charge in [-0.25, -0.2) is 17.8 Å². The summed E-state index contributed by atoms with van der Waals surface area (Å²) in [5.74, 6) is 0.269. The number of rotatable bonds is 2. The molecule has 1 aromatic carbocycles. The van der Waals surface area contributed by atoms with E-state index in [1.165, 1.54) is 16.4 Å². The van der Waals surface area contributed by atoms with Crippen LogP contribution in [0.25, 0.3) is 0 Å². The van der Waals surface area contributed by atoms with E-state index >= 15 is 0 Å². The van der Waals surface area contributed by atoms with Crippen molar-refractivity contribution < 1.29 is 12.8 Å². The zero-order chi connectivity index (χ0) is 13.5. The van der Waals surface area contributed by atoms with Gasteiger partial charge in [0.1, 0.15) is 11.6 Å². The third-order valence-electron chi connectivity index (χ3n) is 3.16. The van der Waals surface area contributed by atoms with Crippen molar-refractivity contribution in [1.82, 2.24) is 13.9 Å². The van der Waals surface area contributed by atoms with Gasteiger partial charge in [-0.1, -0.05) is 0 Å². The van der Waals surface area contributed by atoms with Crippen molar-refractivity contribution in [3.8, 4) is 0 Å². The molecular formula is C12H12FN3O2S. The number of imidazole rings is 1. The van der Waals surface area contributed by atoms with Gasteiger partial charge in [0.05, 0.1) is 11.4 Å². The van der Waals surface area contributed by atoms with Crippen LogP contribution in [-0.4, -0.2) is 28.8 Å². The van der Waals surface area contributed by atoms with Crippen molar-refractivity contribution >= 4 is 10.0 Å². The Kier molecular flexibility index (Phi) is 2.87. The molecule has 0 spiro atoms. The molecule has 19 heavy (non-hydrogen) atoms. The number of hydrogen-bond donors (Lipinski definition) is 0.